The van der Waals surface area contributed by atoms with Crippen LogP contribution < -0.4 is 11.3 Å². The molecule has 20 heavy (non-hydrogen) atoms. The first-order valence-corrected chi connectivity index (χ1v) is 6.71. The number of nitrogens with two attached hydrogens (primary N) is 1. The molecule has 1 saturated heterocycles. The Morgan fingerprint density at radius 2 is 2.35 bits per heavy atom. The molecule has 7 heteroatoms. The van der Waals surface area contributed by atoms with Gasteiger partial charge in [0.1, 0.15) is 5.69 Å². The lowest BCUT2D eigenvalue weighted by Crippen LogP contribution is -2.20. The van der Waals surface area contributed by atoms with E-state index in [1.54, 1.807) is 12.1 Å². The quantitative estimate of drug-likeness (QED) is 0.409. The second-order valence-electron chi connectivity index (χ2n) is 5.16. The van der Waals surface area contributed by atoms with E-state index in [1.165, 1.54) is 0 Å². The Labute approximate surface area is 117 Å². The summed E-state index contributed by atoms with van der Waals surface area (Å²) in [6, 6.07) is 5.05. The predicted molar refractivity (Wildman–Crippen MR) is 76.0 cm³/mol. The van der Waals surface area contributed by atoms with Gasteiger partial charge in [0.15, 0.2) is 0 Å². The van der Waals surface area contributed by atoms with Crippen LogP contribution in [0.1, 0.15) is 18.4 Å². The van der Waals surface area contributed by atoms with Crippen molar-refractivity contribution in [2.75, 3.05) is 25.1 Å². The molecule has 1 aliphatic rings. The third-order valence-electron chi connectivity index (χ3n) is 3.73. The van der Waals surface area contributed by atoms with Gasteiger partial charge in [0, 0.05) is 25.8 Å². The van der Waals surface area contributed by atoms with Crippen LogP contribution in [0.25, 0.3) is 0 Å². The Kier molecular flexibility index (Phi) is 4.89. The molecule has 0 radical (unpaired) electrons. The minimum absolute atomic E-state index is 0.00361. The van der Waals surface area contributed by atoms with Crippen molar-refractivity contribution in [3.8, 4) is 0 Å². The molecular weight excluding hydrogens is 260 g/mol. The lowest BCUT2D eigenvalue weighted by atomic mass is 10.1. The zero-order chi connectivity index (χ0) is 14.5. The smallest absolute Gasteiger partial charge is 0.293 e. The van der Waals surface area contributed by atoms with E-state index in [0.29, 0.717) is 18.2 Å². The van der Waals surface area contributed by atoms with Crippen molar-refractivity contribution < 1.29 is 10.0 Å². The van der Waals surface area contributed by atoms with Gasteiger partial charge in [-0.25, -0.2) is 0 Å². The fraction of sp³-hybridized carbons (Fsp3) is 0.538. The van der Waals surface area contributed by atoms with E-state index in [1.807, 2.05) is 6.07 Å². The third-order valence-corrected chi connectivity index (χ3v) is 3.73. The maximum atomic E-state index is 11.0. The number of hydrogen-bond acceptors (Lipinski definition) is 6. The van der Waals surface area contributed by atoms with Crippen LogP contribution in [-0.4, -0.2) is 34.6 Å². The van der Waals surface area contributed by atoms with Crippen LogP contribution in [-0.2, 0) is 6.54 Å². The van der Waals surface area contributed by atoms with Crippen LogP contribution in [0.5, 0.6) is 0 Å². The molecule has 0 amide bonds. The van der Waals surface area contributed by atoms with Gasteiger partial charge in [0.2, 0.25) is 0 Å². The van der Waals surface area contributed by atoms with Crippen molar-refractivity contribution in [1.29, 1.82) is 0 Å². The van der Waals surface area contributed by atoms with E-state index < -0.39 is 4.92 Å². The summed E-state index contributed by atoms with van der Waals surface area (Å²) in [5, 5.41) is 19.9. The average Bonchev–Trinajstić information content (AvgIpc) is 2.86. The summed E-state index contributed by atoms with van der Waals surface area (Å²) >= 11 is 0. The van der Waals surface area contributed by atoms with Crippen LogP contribution in [0, 0.1) is 16.0 Å². The minimum atomic E-state index is -0.433. The zero-order valence-corrected chi connectivity index (χ0v) is 11.3. The number of nitrogen functional groups attached to an aromatic ring is 1. The molecule has 0 saturated carbocycles. The van der Waals surface area contributed by atoms with Gasteiger partial charge in [-0.15, -0.1) is 0 Å². The van der Waals surface area contributed by atoms with Crippen molar-refractivity contribution >= 4 is 11.4 Å². The van der Waals surface area contributed by atoms with Gasteiger partial charge in [0.05, 0.1) is 4.92 Å². The van der Waals surface area contributed by atoms with Crippen LogP contribution in [0.3, 0.4) is 0 Å². The number of rotatable bonds is 6. The molecule has 0 aliphatic carbocycles. The number of nitro benzene ring substituents is 1. The molecule has 1 heterocycles. The first kappa shape index (κ1) is 14.7. The van der Waals surface area contributed by atoms with E-state index in [4.69, 9.17) is 10.9 Å². The number of nitrogens with zero attached hydrogens (tertiary/aromatic N) is 2. The molecule has 1 unspecified atom stereocenters. The number of hydrogen-bond donors (Lipinski definition) is 3. The van der Waals surface area contributed by atoms with Gasteiger partial charge in [-0.05, 0) is 36.9 Å². The number of nitro groups is 1. The Morgan fingerprint density at radius 1 is 1.55 bits per heavy atom. The Balaban J connectivity index is 2.03. The van der Waals surface area contributed by atoms with Gasteiger partial charge < -0.3 is 10.5 Å². The second kappa shape index (κ2) is 6.65. The highest BCUT2D eigenvalue weighted by atomic mass is 16.6. The molecule has 1 atom stereocenters. The fourth-order valence-electron chi connectivity index (χ4n) is 2.68. The summed E-state index contributed by atoms with van der Waals surface area (Å²) in [7, 11) is 0. The predicted octanol–water partition coefficient (Wildman–Crippen LogP) is 1.08. The van der Waals surface area contributed by atoms with E-state index in [0.717, 1.165) is 31.5 Å². The Bertz CT molecular complexity index is 481. The van der Waals surface area contributed by atoms with Gasteiger partial charge in [-0.3, -0.25) is 20.9 Å². The van der Waals surface area contributed by atoms with Gasteiger partial charge in [-0.1, -0.05) is 6.07 Å². The molecule has 7 nitrogen and oxygen atoms in total. The summed E-state index contributed by atoms with van der Waals surface area (Å²) in [5.41, 5.74) is 3.56. The maximum absolute atomic E-state index is 11.0. The largest absolute Gasteiger partial charge is 0.396 e. The number of anilines is 1. The van der Waals surface area contributed by atoms with Crippen LogP contribution in [0.4, 0.5) is 11.4 Å². The molecular formula is C13H20N4O3. The van der Waals surface area contributed by atoms with Crippen LogP contribution in [0.2, 0.25) is 0 Å². The molecule has 0 spiro atoms. The number of aliphatic hydroxyl groups is 1. The molecule has 0 bridgehead atoms. The van der Waals surface area contributed by atoms with E-state index >= 15 is 0 Å². The van der Waals surface area contributed by atoms with Crippen LogP contribution >= 0.6 is 0 Å². The van der Waals surface area contributed by atoms with Crippen molar-refractivity contribution in [2.45, 2.75) is 19.4 Å². The number of likely N-dealkylation sites (tertiary alicyclic amines) is 1. The SMILES string of the molecule is NNc1ccc(CN2CCC(CCO)C2)cc1[N+](=O)[O-]. The Morgan fingerprint density at radius 3 is 3.00 bits per heavy atom. The molecule has 2 rings (SSSR count). The minimum Gasteiger partial charge on any atom is -0.396 e. The maximum Gasteiger partial charge on any atom is 0.293 e. The highest BCUT2D eigenvalue weighted by Gasteiger charge is 2.22. The van der Waals surface area contributed by atoms with Gasteiger partial charge in [-0.2, -0.15) is 0 Å². The molecule has 1 aromatic carbocycles. The van der Waals surface area contributed by atoms with Gasteiger partial charge >= 0.3 is 0 Å². The number of aliphatic hydroxyl groups excluding tert-OH is 1. The lowest BCUT2D eigenvalue weighted by Gasteiger charge is -2.16. The molecule has 4 N–H and O–H groups in total. The molecule has 1 fully saturated rings. The topological polar surface area (TPSA) is 105 Å². The number of benzene rings is 1. The highest BCUT2D eigenvalue weighted by molar-refractivity contribution is 5.61. The van der Waals surface area contributed by atoms with Crippen molar-refractivity contribution in [2.24, 2.45) is 11.8 Å². The number of nitrogens with one attached hydrogen (secondary N) is 1. The number of hydrazine groups is 1. The molecule has 1 aromatic rings. The monoisotopic (exact) mass is 280 g/mol. The van der Waals surface area contributed by atoms with Crippen molar-refractivity contribution in [1.82, 2.24) is 4.90 Å². The standard InChI is InChI=1S/C13H20N4O3/c14-15-12-2-1-11(7-13(12)17(19)20)9-16-5-3-10(8-16)4-6-18/h1-2,7,10,15,18H,3-6,8-9,14H2. The second-order valence-corrected chi connectivity index (χ2v) is 5.16. The average molecular weight is 280 g/mol. The van der Waals surface area contributed by atoms with E-state index in [2.05, 4.69) is 10.3 Å². The van der Waals surface area contributed by atoms with E-state index in [9.17, 15) is 10.1 Å². The first-order valence-electron chi connectivity index (χ1n) is 6.71. The van der Waals surface area contributed by atoms with Gasteiger partial charge in [0.25, 0.3) is 5.69 Å². The van der Waals surface area contributed by atoms with E-state index in [-0.39, 0.29) is 12.3 Å². The third kappa shape index (κ3) is 3.44. The molecule has 0 aromatic heterocycles. The zero-order valence-electron chi connectivity index (χ0n) is 11.3. The summed E-state index contributed by atoms with van der Waals surface area (Å²) in [6.45, 7) is 2.81. The van der Waals surface area contributed by atoms with Crippen LogP contribution in [0.15, 0.2) is 18.2 Å². The molecule has 1 aliphatic heterocycles. The normalized spacial score (nSPS) is 19.2. The fourth-order valence-corrected chi connectivity index (χ4v) is 2.68. The summed E-state index contributed by atoms with van der Waals surface area (Å²) in [5.74, 6) is 5.79. The first-order chi connectivity index (χ1) is 9.63. The Hall–Kier alpha value is -1.70. The van der Waals surface area contributed by atoms with Crippen molar-refractivity contribution in [3.63, 3.8) is 0 Å². The lowest BCUT2D eigenvalue weighted by molar-refractivity contribution is -0.384. The highest BCUT2D eigenvalue weighted by Crippen LogP contribution is 2.27. The molecule has 110 valence electrons. The summed E-state index contributed by atoms with van der Waals surface area (Å²) < 4.78 is 0. The summed E-state index contributed by atoms with van der Waals surface area (Å²) in [6.07, 6.45) is 1.90. The van der Waals surface area contributed by atoms with Crippen molar-refractivity contribution in [3.05, 3.63) is 33.9 Å². The summed E-state index contributed by atoms with van der Waals surface area (Å²) in [4.78, 5) is 12.8.